The summed E-state index contributed by atoms with van der Waals surface area (Å²) in [5.41, 5.74) is 0. The molecule has 0 spiro atoms. The molecule has 2 fully saturated rings. The van der Waals surface area contributed by atoms with Crippen LogP contribution < -0.4 is 5.32 Å². The van der Waals surface area contributed by atoms with Crippen LogP contribution in [0.15, 0.2) is 12.2 Å². The van der Waals surface area contributed by atoms with E-state index in [2.05, 4.69) is 17.5 Å². The van der Waals surface area contributed by atoms with E-state index in [4.69, 9.17) is 4.74 Å². The van der Waals surface area contributed by atoms with Gasteiger partial charge in [-0.3, -0.25) is 0 Å². The maximum absolute atomic E-state index is 12.6. The molecule has 1 aliphatic carbocycles. The van der Waals surface area contributed by atoms with Gasteiger partial charge in [0.15, 0.2) is 0 Å². The Bertz CT molecular complexity index is 495. The lowest BCUT2D eigenvalue weighted by Gasteiger charge is -2.36. The highest BCUT2D eigenvalue weighted by Crippen LogP contribution is 2.20. The molecule has 6 nitrogen and oxygen atoms in total. The van der Waals surface area contributed by atoms with Crippen LogP contribution in [-0.4, -0.2) is 69.0 Å². The van der Waals surface area contributed by atoms with Crippen LogP contribution in [0.5, 0.6) is 0 Å². The van der Waals surface area contributed by atoms with Crippen molar-refractivity contribution < 1.29 is 13.2 Å². The summed E-state index contributed by atoms with van der Waals surface area (Å²) in [6.45, 7) is 4.29. The van der Waals surface area contributed by atoms with Crippen molar-refractivity contribution in [2.45, 2.75) is 38.1 Å². The number of morpholine rings is 1. The Balaban J connectivity index is 1.43. The molecule has 0 saturated carbocycles. The second-order valence-electron chi connectivity index (χ2n) is 6.75. The highest BCUT2D eigenvalue weighted by Gasteiger charge is 2.33. The van der Waals surface area contributed by atoms with Crippen molar-refractivity contribution in [1.82, 2.24) is 13.9 Å². The Morgan fingerprint density at radius 3 is 2.35 bits per heavy atom. The summed E-state index contributed by atoms with van der Waals surface area (Å²) < 4.78 is 33.7. The maximum Gasteiger partial charge on any atom is 0.282 e. The van der Waals surface area contributed by atoms with Gasteiger partial charge in [0.1, 0.15) is 0 Å². The summed E-state index contributed by atoms with van der Waals surface area (Å²) >= 11 is 0. The van der Waals surface area contributed by atoms with Gasteiger partial charge in [-0.15, -0.1) is 0 Å². The van der Waals surface area contributed by atoms with Gasteiger partial charge in [-0.05, 0) is 44.6 Å². The van der Waals surface area contributed by atoms with Gasteiger partial charge < -0.3 is 10.1 Å². The molecule has 132 valence electrons. The van der Waals surface area contributed by atoms with E-state index in [1.54, 1.807) is 8.61 Å². The third-order valence-electron chi connectivity index (χ3n) is 5.15. The van der Waals surface area contributed by atoms with E-state index < -0.39 is 10.2 Å². The summed E-state index contributed by atoms with van der Waals surface area (Å²) in [6, 6.07) is 0.456. The lowest BCUT2D eigenvalue weighted by atomic mass is 9.94. The predicted octanol–water partition coefficient (Wildman–Crippen LogP) is 0.974. The fraction of sp³-hybridized carbons (Fsp3) is 0.875. The van der Waals surface area contributed by atoms with Crippen molar-refractivity contribution in [2.24, 2.45) is 5.92 Å². The van der Waals surface area contributed by atoms with E-state index in [1.165, 1.54) is 19.3 Å². The number of piperidine rings is 1. The lowest BCUT2D eigenvalue weighted by Crippen LogP contribution is -2.52. The Morgan fingerprint density at radius 1 is 1.00 bits per heavy atom. The van der Waals surface area contributed by atoms with Crippen molar-refractivity contribution in [2.75, 3.05) is 45.9 Å². The van der Waals surface area contributed by atoms with E-state index >= 15 is 0 Å². The fourth-order valence-electron chi connectivity index (χ4n) is 3.61. The molecule has 2 heterocycles. The Labute approximate surface area is 140 Å². The third kappa shape index (κ3) is 4.54. The van der Waals surface area contributed by atoms with Crippen LogP contribution in [0.1, 0.15) is 32.1 Å². The van der Waals surface area contributed by atoms with Crippen molar-refractivity contribution in [3.63, 3.8) is 0 Å². The number of rotatable bonds is 5. The molecule has 1 N–H and O–H groups in total. The molecule has 2 aliphatic heterocycles. The van der Waals surface area contributed by atoms with Gasteiger partial charge in [-0.1, -0.05) is 12.2 Å². The minimum absolute atomic E-state index is 0.456. The van der Waals surface area contributed by atoms with E-state index in [1.807, 2.05) is 0 Å². The van der Waals surface area contributed by atoms with Crippen molar-refractivity contribution in [1.29, 1.82) is 0 Å². The first-order valence-electron chi connectivity index (χ1n) is 8.87. The van der Waals surface area contributed by atoms with Gasteiger partial charge in [0, 0.05) is 32.2 Å². The zero-order valence-electron chi connectivity index (χ0n) is 13.8. The summed E-state index contributed by atoms with van der Waals surface area (Å²) in [5, 5.41) is 3.65. The van der Waals surface area contributed by atoms with Crippen molar-refractivity contribution in [3.8, 4) is 0 Å². The standard InChI is InChI=1S/C16H29N3O3S/c20-23(21,19-10-12-22-13-11-19)18-8-6-16(7-9-18)17-14-15-4-2-1-3-5-15/h1-2,15-17H,3-14H2/t15-/m1/s1. The van der Waals surface area contributed by atoms with Crippen LogP contribution in [0.25, 0.3) is 0 Å². The molecule has 0 radical (unpaired) electrons. The highest BCUT2D eigenvalue weighted by atomic mass is 32.2. The van der Waals surface area contributed by atoms with Gasteiger partial charge in [0.25, 0.3) is 10.2 Å². The number of ether oxygens (including phenoxy) is 1. The van der Waals surface area contributed by atoms with Gasteiger partial charge in [-0.2, -0.15) is 17.0 Å². The average molecular weight is 343 g/mol. The van der Waals surface area contributed by atoms with E-state index in [0.717, 1.165) is 25.3 Å². The van der Waals surface area contributed by atoms with Crippen LogP contribution in [0, 0.1) is 5.92 Å². The number of hydrogen-bond donors (Lipinski definition) is 1. The van der Waals surface area contributed by atoms with E-state index in [0.29, 0.717) is 45.4 Å². The SMILES string of the molecule is O=S(=O)(N1CCOCC1)N1CCC(NC[C@@H]2CC=CCC2)CC1. The number of allylic oxidation sites excluding steroid dienone is 2. The Kier molecular flexibility index (Phi) is 6.09. The maximum atomic E-state index is 12.6. The van der Waals surface area contributed by atoms with Crippen LogP contribution >= 0.6 is 0 Å². The Hall–Kier alpha value is -0.470. The monoisotopic (exact) mass is 343 g/mol. The molecule has 3 rings (SSSR count). The number of hydrogen-bond acceptors (Lipinski definition) is 4. The smallest absolute Gasteiger partial charge is 0.282 e. The summed E-state index contributed by atoms with van der Waals surface area (Å²) in [5.74, 6) is 0.745. The molecular weight excluding hydrogens is 314 g/mol. The molecule has 23 heavy (non-hydrogen) atoms. The molecule has 0 aromatic rings. The first-order valence-corrected chi connectivity index (χ1v) is 10.3. The van der Waals surface area contributed by atoms with E-state index in [9.17, 15) is 8.42 Å². The minimum Gasteiger partial charge on any atom is -0.379 e. The molecule has 0 aromatic carbocycles. The average Bonchev–Trinajstić information content (AvgIpc) is 2.62. The largest absolute Gasteiger partial charge is 0.379 e. The molecule has 0 aromatic heterocycles. The lowest BCUT2D eigenvalue weighted by molar-refractivity contribution is 0.0695. The van der Waals surface area contributed by atoms with Crippen LogP contribution in [0.4, 0.5) is 0 Å². The van der Waals surface area contributed by atoms with Gasteiger partial charge in [0.2, 0.25) is 0 Å². The first-order chi connectivity index (χ1) is 11.2. The van der Waals surface area contributed by atoms with Crippen LogP contribution in [0.3, 0.4) is 0 Å². The molecule has 7 heteroatoms. The molecule has 0 unspecified atom stereocenters. The van der Waals surface area contributed by atoms with E-state index in [-0.39, 0.29) is 0 Å². The topological polar surface area (TPSA) is 61.9 Å². The van der Waals surface area contributed by atoms with Crippen molar-refractivity contribution >= 4 is 10.2 Å². The van der Waals surface area contributed by atoms with Gasteiger partial charge in [-0.25, -0.2) is 0 Å². The predicted molar refractivity (Wildman–Crippen MR) is 90.4 cm³/mol. The molecule has 2 saturated heterocycles. The molecular formula is C16H29N3O3S. The molecule has 0 bridgehead atoms. The second-order valence-corrected chi connectivity index (χ2v) is 8.68. The highest BCUT2D eigenvalue weighted by molar-refractivity contribution is 7.86. The minimum atomic E-state index is -3.29. The normalized spacial score (nSPS) is 29.0. The summed E-state index contributed by atoms with van der Waals surface area (Å²) in [6.07, 6.45) is 10.0. The zero-order chi connectivity index (χ0) is 16.1. The van der Waals surface area contributed by atoms with Gasteiger partial charge >= 0.3 is 0 Å². The molecule has 1 atom stereocenters. The quantitative estimate of drug-likeness (QED) is 0.756. The summed E-state index contributed by atoms with van der Waals surface area (Å²) in [4.78, 5) is 0. The Morgan fingerprint density at radius 2 is 1.70 bits per heavy atom. The first kappa shape index (κ1) is 17.4. The number of nitrogens with zero attached hydrogens (tertiary/aromatic N) is 2. The molecule has 3 aliphatic rings. The fourth-order valence-corrected chi connectivity index (χ4v) is 5.22. The summed E-state index contributed by atoms with van der Waals surface area (Å²) in [7, 11) is -3.29. The number of nitrogens with one attached hydrogen (secondary N) is 1. The van der Waals surface area contributed by atoms with Crippen LogP contribution in [-0.2, 0) is 14.9 Å². The van der Waals surface area contributed by atoms with Crippen LogP contribution in [0.2, 0.25) is 0 Å². The zero-order valence-corrected chi connectivity index (χ0v) is 14.6. The molecule has 0 amide bonds. The van der Waals surface area contributed by atoms with Crippen molar-refractivity contribution in [3.05, 3.63) is 12.2 Å². The second kappa shape index (κ2) is 8.07. The third-order valence-corrected chi connectivity index (χ3v) is 7.18. The van der Waals surface area contributed by atoms with Gasteiger partial charge in [0.05, 0.1) is 13.2 Å².